The molecule has 0 aromatic rings. The zero-order chi connectivity index (χ0) is 9.11. The molecular formula is C9H23NO. The second-order valence-electron chi connectivity index (χ2n) is 2.20. The Bertz CT molecular complexity index is 50.8. The fraction of sp³-hybridized carbons (Fsp3) is 1.00. The van der Waals surface area contributed by atoms with Gasteiger partial charge in [-0.15, -0.1) is 0 Å². The lowest BCUT2D eigenvalue weighted by atomic mass is 9.96. The molecule has 2 N–H and O–H groups in total. The number of rotatable bonds is 1. The zero-order valence-corrected chi connectivity index (χ0v) is 8.39. The summed E-state index contributed by atoms with van der Waals surface area (Å²) in [6.45, 7) is 6.65. The maximum atomic E-state index is 4.99. The van der Waals surface area contributed by atoms with Crippen LogP contribution in [0.1, 0.15) is 40.0 Å². The van der Waals surface area contributed by atoms with Crippen LogP contribution >= 0.6 is 0 Å². The zero-order valence-electron chi connectivity index (χ0n) is 8.39. The molecule has 70 valence electrons. The molecule has 1 aliphatic rings. The molecule has 0 heterocycles. The van der Waals surface area contributed by atoms with Crippen molar-refractivity contribution in [2.75, 3.05) is 13.7 Å². The predicted octanol–water partition coefficient (Wildman–Crippen LogP) is 2.18. The fourth-order valence-electron chi connectivity index (χ4n) is 0.606. The second-order valence-corrected chi connectivity index (χ2v) is 2.20. The van der Waals surface area contributed by atoms with Crippen molar-refractivity contribution in [2.24, 2.45) is 5.73 Å². The first kappa shape index (κ1) is 13.5. The van der Waals surface area contributed by atoms with E-state index in [9.17, 15) is 0 Å². The molecule has 2 nitrogen and oxygen atoms in total. The van der Waals surface area contributed by atoms with Crippen molar-refractivity contribution in [3.05, 3.63) is 0 Å². The molecule has 1 aliphatic carbocycles. The summed E-state index contributed by atoms with van der Waals surface area (Å²) in [5.74, 6) is 0. The van der Waals surface area contributed by atoms with Crippen LogP contribution in [0.5, 0.6) is 0 Å². The molecule has 0 aromatic heterocycles. The molecule has 1 rings (SSSR count). The Hall–Kier alpha value is -0.0800. The fourth-order valence-corrected chi connectivity index (χ4v) is 0.606. The Labute approximate surface area is 71.1 Å². The summed E-state index contributed by atoms with van der Waals surface area (Å²) in [6, 6.07) is 0. The summed E-state index contributed by atoms with van der Waals surface area (Å²) in [4.78, 5) is 0. The van der Waals surface area contributed by atoms with E-state index in [0.717, 1.165) is 6.54 Å². The van der Waals surface area contributed by atoms with Crippen LogP contribution in [0.15, 0.2) is 0 Å². The van der Waals surface area contributed by atoms with Gasteiger partial charge in [0.2, 0.25) is 0 Å². The van der Waals surface area contributed by atoms with Gasteiger partial charge in [0, 0.05) is 7.11 Å². The van der Waals surface area contributed by atoms with E-state index in [1.54, 1.807) is 7.11 Å². The highest BCUT2D eigenvalue weighted by Gasteiger charge is 2.14. The van der Waals surface area contributed by atoms with Crippen molar-refractivity contribution in [3.63, 3.8) is 0 Å². The van der Waals surface area contributed by atoms with Gasteiger partial charge < -0.3 is 10.5 Å². The number of nitrogens with two attached hydrogens (primary N) is 1. The van der Waals surface area contributed by atoms with Gasteiger partial charge in [0.1, 0.15) is 0 Å². The van der Waals surface area contributed by atoms with Crippen LogP contribution in [0, 0.1) is 0 Å². The third kappa shape index (κ3) is 9.92. The average Bonchev–Trinajstić information content (AvgIpc) is 1.91. The van der Waals surface area contributed by atoms with E-state index in [-0.39, 0.29) is 0 Å². The molecule has 1 saturated carbocycles. The summed E-state index contributed by atoms with van der Waals surface area (Å²) in [7, 11) is 1.78. The molecule has 0 atom stereocenters. The minimum absolute atomic E-state index is 0.616. The van der Waals surface area contributed by atoms with Gasteiger partial charge in [0.15, 0.2) is 0 Å². The van der Waals surface area contributed by atoms with E-state index in [1.807, 2.05) is 20.8 Å². The van der Waals surface area contributed by atoms with Crippen LogP contribution in [-0.4, -0.2) is 19.8 Å². The highest BCUT2D eigenvalue weighted by molar-refractivity contribution is 4.67. The van der Waals surface area contributed by atoms with E-state index < -0.39 is 0 Å². The van der Waals surface area contributed by atoms with Crippen molar-refractivity contribution in [1.82, 2.24) is 0 Å². The van der Waals surface area contributed by atoms with Crippen molar-refractivity contribution >= 4 is 0 Å². The number of ether oxygens (including phenoxy) is 1. The molecular weight excluding hydrogens is 138 g/mol. The highest BCUT2D eigenvalue weighted by Crippen LogP contribution is 2.20. The molecule has 0 amide bonds. The van der Waals surface area contributed by atoms with E-state index in [1.165, 1.54) is 19.3 Å². The Morgan fingerprint density at radius 1 is 1.36 bits per heavy atom. The summed E-state index contributed by atoms with van der Waals surface area (Å²) in [5.41, 5.74) is 4.85. The van der Waals surface area contributed by atoms with Gasteiger partial charge in [-0.2, -0.15) is 0 Å². The molecule has 0 bridgehead atoms. The van der Waals surface area contributed by atoms with Crippen LogP contribution in [0.3, 0.4) is 0 Å². The van der Waals surface area contributed by atoms with Gasteiger partial charge in [-0.1, -0.05) is 20.8 Å². The topological polar surface area (TPSA) is 35.2 Å². The largest absolute Gasteiger partial charge is 0.381 e. The molecule has 0 unspecified atom stereocenters. The Morgan fingerprint density at radius 3 is 1.73 bits per heavy atom. The number of hydrogen-bond donors (Lipinski definition) is 1. The third-order valence-corrected chi connectivity index (χ3v) is 1.39. The molecule has 1 fully saturated rings. The molecule has 0 spiro atoms. The monoisotopic (exact) mass is 161 g/mol. The van der Waals surface area contributed by atoms with Crippen LogP contribution in [-0.2, 0) is 4.74 Å². The summed E-state index contributed by atoms with van der Waals surface area (Å²) >= 11 is 0. The van der Waals surface area contributed by atoms with Crippen LogP contribution in [0.4, 0.5) is 0 Å². The second kappa shape index (κ2) is 12.6. The minimum atomic E-state index is 0.616. The third-order valence-electron chi connectivity index (χ3n) is 1.39. The molecule has 0 saturated heterocycles. The summed E-state index contributed by atoms with van der Waals surface area (Å²) < 4.78 is 4.99. The Balaban J connectivity index is 0. The molecule has 0 radical (unpaired) electrons. The van der Waals surface area contributed by atoms with E-state index in [4.69, 9.17) is 10.5 Å². The smallest absolute Gasteiger partial charge is 0.0571 e. The normalized spacial score (nSPS) is 15.0. The van der Waals surface area contributed by atoms with Crippen LogP contribution < -0.4 is 5.73 Å². The van der Waals surface area contributed by atoms with Gasteiger partial charge in [-0.3, -0.25) is 0 Å². The van der Waals surface area contributed by atoms with Gasteiger partial charge in [-0.05, 0) is 25.8 Å². The van der Waals surface area contributed by atoms with Crippen molar-refractivity contribution < 1.29 is 4.74 Å². The number of hydrogen-bond acceptors (Lipinski definition) is 2. The minimum Gasteiger partial charge on any atom is -0.381 e. The van der Waals surface area contributed by atoms with Gasteiger partial charge in [0.05, 0.1) is 6.10 Å². The SMILES string of the molecule is CC.CCN.COC1CCC1. The molecule has 0 aromatic carbocycles. The van der Waals surface area contributed by atoms with E-state index in [2.05, 4.69) is 0 Å². The quantitative estimate of drug-likeness (QED) is 0.639. The van der Waals surface area contributed by atoms with Crippen molar-refractivity contribution in [2.45, 2.75) is 46.1 Å². The van der Waals surface area contributed by atoms with E-state index >= 15 is 0 Å². The maximum absolute atomic E-state index is 4.99. The van der Waals surface area contributed by atoms with Crippen molar-refractivity contribution in [3.8, 4) is 0 Å². The number of methoxy groups -OCH3 is 1. The lowest BCUT2D eigenvalue weighted by Crippen LogP contribution is -2.18. The first-order valence-electron chi connectivity index (χ1n) is 4.58. The van der Waals surface area contributed by atoms with Gasteiger partial charge in [-0.25, -0.2) is 0 Å². The summed E-state index contributed by atoms with van der Waals surface area (Å²) in [6.07, 6.45) is 4.57. The van der Waals surface area contributed by atoms with E-state index in [0.29, 0.717) is 6.10 Å². The molecule has 0 aliphatic heterocycles. The maximum Gasteiger partial charge on any atom is 0.0571 e. The van der Waals surface area contributed by atoms with Gasteiger partial charge >= 0.3 is 0 Å². The predicted molar refractivity (Wildman–Crippen MR) is 50.7 cm³/mol. The Kier molecular flexibility index (Phi) is 15.4. The lowest BCUT2D eigenvalue weighted by molar-refractivity contribution is 0.0412. The average molecular weight is 161 g/mol. The first-order chi connectivity index (χ1) is 5.35. The molecule has 2 heteroatoms. The van der Waals surface area contributed by atoms with Crippen molar-refractivity contribution in [1.29, 1.82) is 0 Å². The standard InChI is InChI=1S/C5H10O.C2H7N.C2H6/c1-6-5-3-2-4-5;1-2-3;1-2/h5H,2-4H2,1H3;2-3H2,1H3;1-2H3. The van der Waals surface area contributed by atoms with Gasteiger partial charge in [0.25, 0.3) is 0 Å². The lowest BCUT2D eigenvalue weighted by Gasteiger charge is -2.22. The summed E-state index contributed by atoms with van der Waals surface area (Å²) in [5, 5.41) is 0. The van der Waals surface area contributed by atoms with Crippen LogP contribution in [0.25, 0.3) is 0 Å². The first-order valence-corrected chi connectivity index (χ1v) is 4.58. The molecule has 11 heavy (non-hydrogen) atoms. The Morgan fingerprint density at radius 2 is 1.73 bits per heavy atom. The highest BCUT2D eigenvalue weighted by atomic mass is 16.5. The van der Waals surface area contributed by atoms with Crippen LogP contribution in [0.2, 0.25) is 0 Å².